The van der Waals surface area contributed by atoms with Crippen LogP contribution in [0.2, 0.25) is 0 Å². The molecule has 206 valence electrons. The third-order valence-corrected chi connectivity index (χ3v) is 6.59. The Labute approximate surface area is 233 Å². The van der Waals surface area contributed by atoms with Gasteiger partial charge in [0.1, 0.15) is 11.4 Å². The highest BCUT2D eigenvalue weighted by atomic mass is 32.1. The van der Waals surface area contributed by atoms with E-state index in [0.29, 0.717) is 32.9 Å². The minimum Gasteiger partial charge on any atom is -0.372 e. The van der Waals surface area contributed by atoms with Crippen LogP contribution in [0.25, 0.3) is 0 Å². The molecule has 2 aromatic carbocycles. The van der Waals surface area contributed by atoms with Crippen molar-refractivity contribution >= 4 is 67.4 Å². The second-order valence-corrected chi connectivity index (χ2v) is 9.48. The lowest BCUT2D eigenvalue weighted by atomic mass is 10.2. The van der Waals surface area contributed by atoms with Gasteiger partial charge in [0.05, 0.1) is 17.6 Å². The van der Waals surface area contributed by atoms with Crippen molar-refractivity contribution in [2.24, 2.45) is 20.5 Å². The normalized spacial score (nSPS) is 11.2. The maximum absolute atomic E-state index is 11.8. The number of rotatable bonds is 12. The van der Waals surface area contributed by atoms with Gasteiger partial charge in [0.15, 0.2) is 5.00 Å². The molecule has 0 aliphatic heterocycles. The number of hydrogen-bond donors (Lipinski definition) is 2. The number of aromatic nitrogens is 1. The molecule has 3 rings (SSSR count). The minimum atomic E-state index is -0.191. The molecule has 3 aromatic rings. The van der Waals surface area contributed by atoms with Crippen molar-refractivity contribution < 1.29 is 9.59 Å². The predicted molar refractivity (Wildman–Crippen MR) is 159 cm³/mol. The molecular weight excluding hydrogens is 514 g/mol. The second kappa shape index (κ2) is 14.1. The van der Waals surface area contributed by atoms with Gasteiger partial charge in [-0.25, -0.2) is 4.98 Å². The van der Waals surface area contributed by atoms with Crippen LogP contribution < -0.4 is 20.4 Å². The van der Waals surface area contributed by atoms with E-state index in [4.69, 9.17) is 0 Å². The van der Waals surface area contributed by atoms with E-state index in [-0.39, 0.29) is 11.8 Å². The summed E-state index contributed by atoms with van der Waals surface area (Å²) in [6.45, 7) is 14.6. The summed E-state index contributed by atoms with van der Waals surface area (Å²) < 4.78 is 0. The fourth-order valence-corrected chi connectivity index (χ4v) is 4.48. The molecule has 0 saturated heterocycles. The number of carbonyl (C=O) groups excluding carboxylic acids is 2. The Balaban J connectivity index is 1.82. The highest BCUT2D eigenvalue weighted by Crippen LogP contribution is 2.36. The van der Waals surface area contributed by atoms with Crippen LogP contribution in [0.1, 0.15) is 41.5 Å². The van der Waals surface area contributed by atoms with Gasteiger partial charge in [-0.15, -0.1) is 20.5 Å². The Morgan fingerprint density at radius 1 is 0.744 bits per heavy atom. The average Bonchev–Trinajstić information content (AvgIpc) is 3.36. The molecule has 2 N–H and O–H groups in total. The minimum absolute atomic E-state index is 0.188. The van der Waals surface area contributed by atoms with Gasteiger partial charge >= 0.3 is 0 Å². The molecule has 1 heterocycles. The maximum Gasteiger partial charge on any atom is 0.232 e. The van der Waals surface area contributed by atoms with Gasteiger partial charge in [-0.1, -0.05) is 11.3 Å². The van der Waals surface area contributed by atoms with Crippen LogP contribution in [-0.2, 0) is 9.59 Å². The smallest absolute Gasteiger partial charge is 0.232 e. The molecule has 0 aliphatic carbocycles. The summed E-state index contributed by atoms with van der Waals surface area (Å²) in [6, 6.07) is 11.3. The molecule has 39 heavy (non-hydrogen) atoms. The highest BCUT2D eigenvalue weighted by Gasteiger charge is 2.11. The number of amides is 2. The summed E-state index contributed by atoms with van der Waals surface area (Å²) in [6.07, 6.45) is 1.56. The van der Waals surface area contributed by atoms with E-state index < -0.39 is 0 Å². The number of nitrogens with one attached hydrogen (secondary N) is 2. The fourth-order valence-electron chi connectivity index (χ4n) is 3.92. The van der Waals surface area contributed by atoms with Crippen molar-refractivity contribution in [3.63, 3.8) is 0 Å². The summed E-state index contributed by atoms with van der Waals surface area (Å²) in [5.74, 6) is -0.378. The van der Waals surface area contributed by atoms with Gasteiger partial charge in [0.2, 0.25) is 16.9 Å². The highest BCUT2D eigenvalue weighted by molar-refractivity contribution is 7.18. The first-order valence-electron chi connectivity index (χ1n) is 12.9. The molecule has 0 atom stereocenters. The molecule has 1 aromatic heterocycles. The molecule has 0 bridgehead atoms. The third-order valence-electron chi connectivity index (χ3n) is 5.82. The van der Waals surface area contributed by atoms with Crippen molar-refractivity contribution in [2.75, 3.05) is 46.6 Å². The van der Waals surface area contributed by atoms with Crippen molar-refractivity contribution in [2.45, 2.75) is 41.5 Å². The van der Waals surface area contributed by atoms with E-state index in [1.165, 1.54) is 25.2 Å². The van der Waals surface area contributed by atoms with Gasteiger partial charge < -0.3 is 20.4 Å². The summed E-state index contributed by atoms with van der Waals surface area (Å²) >= 11 is 1.22. The average molecular weight is 550 g/mol. The van der Waals surface area contributed by atoms with E-state index >= 15 is 0 Å². The molecule has 0 aliphatic rings. The van der Waals surface area contributed by atoms with Crippen molar-refractivity contribution in [3.05, 3.63) is 42.6 Å². The SMILES string of the molecule is CCN(CC)c1ccc(/N=N/c2cnc(/N=N/c3ccc(N(CC)CC)cc3NC(C)=O)s2)c(NC(C)=O)c1. The lowest BCUT2D eigenvalue weighted by Crippen LogP contribution is -2.21. The molecule has 0 fully saturated rings. The zero-order valence-electron chi connectivity index (χ0n) is 23.2. The molecule has 11 nitrogen and oxygen atoms in total. The van der Waals surface area contributed by atoms with E-state index in [1.807, 2.05) is 36.4 Å². The van der Waals surface area contributed by atoms with E-state index in [2.05, 4.69) is 73.6 Å². The molecule has 0 unspecified atom stereocenters. The predicted octanol–water partition coefficient (Wildman–Crippen LogP) is 7.58. The largest absolute Gasteiger partial charge is 0.372 e. The number of nitrogens with zero attached hydrogens (tertiary/aromatic N) is 7. The Morgan fingerprint density at radius 3 is 1.64 bits per heavy atom. The van der Waals surface area contributed by atoms with Gasteiger partial charge in [-0.2, -0.15) is 0 Å². The Bertz CT molecular complexity index is 1240. The fraction of sp³-hybridized carbons (Fsp3) is 0.370. The summed E-state index contributed by atoms with van der Waals surface area (Å²) in [4.78, 5) is 32.2. The number of anilines is 4. The topological polar surface area (TPSA) is 127 Å². The zero-order chi connectivity index (χ0) is 28.4. The lowest BCUT2D eigenvalue weighted by molar-refractivity contribution is -0.115. The monoisotopic (exact) mass is 549 g/mol. The van der Waals surface area contributed by atoms with Crippen LogP contribution in [0.3, 0.4) is 0 Å². The number of hydrogen-bond acceptors (Lipinski definition) is 10. The van der Waals surface area contributed by atoms with Crippen LogP contribution in [0, 0.1) is 0 Å². The van der Waals surface area contributed by atoms with Crippen molar-refractivity contribution in [1.29, 1.82) is 0 Å². The van der Waals surface area contributed by atoms with Crippen LogP contribution >= 0.6 is 11.3 Å². The van der Waals surface area contributed by atoms with Crippen molar-refractivity contribution in [1.82, 2.24) is 4.98 Å². The quantitative estimate of drug-likeness (QED) is 0.225. The first-order chi connectivity index (χ1) is 18.8. The molecule has 0 saturated carbocycles. The second-order valence-electron chi connectivity index (χ2n) is 8.49. The van der Waals surface area contributed by atoms with Crippen LogP contribution in [0.4, 0.5) is 44.3 Å². The summed E-state index contributed by atoms with van der Waals surface area (Å²) in [5, 5.41) is 23.8. The zero-order valence-corrected chi connectivity index (χ0v) is 24.0. The van der Waals surface area contributed by atoms with Crippen molar-refractivity contribution in [3.8, 4) is 0 Å². The van der Waals surface area contributed by atoms with Gasteiger partial charge in [0, 0.05) is 51.4 Å². The van der Waals surface area contributed by atoms with Crippen LogP contribution in [0.5, 0.6) is 0 Å². The summed E-state index contributed by atoms with van der Waals surface area (Å²) in [7, 11) is 0. The number of thiazole rings is 1. The van der Waals surface area contributed by atoms with Gasteiger partial charge in [-0.05, 0) is 64.1 Å². The van der Waals surface area contributed by atoms with E-state index in [1.54, 1.807) is 6.20 Å². The first-order valence-corrected chi connectivity index (χ1v) is 13.7. The van der Waals surface area contributed by atoms with Crippen LogP contribution in [0.15, 0.2) is 63.1 Å². The number of azo groups is 2. The third kappa shape index (κ3) is 8.14. The van der Waals surface area contributed by atoms with Gasteiger partial charge in [-0.3, -0.25) is 9.59 Å². The summed E-state index contributed by atoms with van der Waals surface area (Å²) in [5.41, 5.74) is 4.19. The van der Waals surface area contributed by atoms with E-state index in [0.717, 1.165) is 37.6 Å². The maximum atomic E-state index is 11.8. The number of benzene rings is 2. The molecular formula is C27H35N9O2S. The van der Waals surface area contributed by atoms with E-state index in [9.17, 15) is 9.59 Å². The Kier molecular flexibility index (Phi) is 10.6. The molecule has 12 heteroatoms. The molecule has 2 amide bonds. The Morgan fingerprint density at radius 2 is 1.21 bits per heavy atom. The number of carbonyl (C=O) groups is 2. The van der Waals surface area contributed by atoms with Gasteiger partial charge in [0.25, 0.3) is 0 Å². The lowest BCUT2D eigenvalue weighted by Gasteiger charge is -2.22. The van der Waals surface area contributed by atoms with Crippen LogP contribution in [-0.4, -0.2) is 43.0 Å². The first kappa shape index (κ1) is 29.4. The standard InChI is InChI=1S/C27H35N9O2S/c1-7-35(8-2)20-11-13-22(24(15-20)29-18(5)37)31-33-26-17-28-27(39-26)34-32-23-14-12-21(36(9-3)10-4)16-25(23)30-19(6)38/h11-17H,7-10H2,1-6H3,(H,29,37)(H,30,38)/b33-31+,34-32+. The molecule has 0 spiro atoms. The Hall–Kier alpha value is -4.19. The molecule has 0 radical (unpaired) electrons.